The Morgan fingerprint density at radius 2 is 2.14 bits per heavy atom. The van der Waals surface area contributed by atoms with E-state index in [0.29, 0.717) is 12.5 Å². The van der Waals surface area contributed by atoms with Gasteiger partial charge in [0.15, 0.2) is 0 Å². The maximum Gasteiger partial charge on any atom is 0.307 e. The molecule has 1 N–H and O–H groups in total. The van der Waals surface area contributed by atoms with E-state index in [2.05, 4.69) is 17.1 Å². The largest absolute Gasteiger partial charge is 0.469 e. The van der Waals surface area contributed by atoms with Gasteiger partial charge in [-0.25, -0.2) is 0 Å². The Morgan fingerprint density at radius 3 is 2.64 bits per heavy atom. The van der Waals surface area contributed by atoms with Crippen molar-refractivity contribution in [2.75, 3.05) is 33.3 Å². The second-order valence-corrected chi connectivity index (χ2v) is 3.63. The zero-order valence-electron chi connectivity index (χ0n) is 9.08. The number of rotatable bonds is 4. The Labute approximate surface area is 85.6 Å². The third kappa shape index (κ3) is 3.27. The Hall–Kier alpha value is -0.610. The smallest absolute Gasteiger partial charge is 0.307 e. The monoisotopic (exact) mass is 200 g/mol. The summed E-state index contributed by atoms with van der Waals surface area (Å²) in [7, 11) is 1.45. The highest BCUT2D eigenvalue weighted by Crippen LogP contribution is 2.10. The predicted octanol–water partition coefficient (Wildman–Crippen LogP) is 0.233. The number of ether oxygens (including phenoxy) is 1. The second kappa shape index (κ2) is 5.98. The molecule has 1 aliphatic heterocycles. The van der Waals surface area contributed by atoms with Gasteiger partial charge in [-0.2, -0.15) is 0 Å². The quantitative estimate of drug-likeness (QED) is 0.660. The molecule has 1 atom stereocenters. The van der Waals surface area contributed by atoms with E-state index < -0.39 is 0 Å². The van der Waals surface area contributed by atoms with Crippen LogP contribution in [0.15, 0.2) is 0 Å². The van der Waals surface area contributed by atoms with Crippen molar-refractivity contribution in [2.45, 2.75) is 25.8 Å². The normalized spacial score (nSPS) is 20.4. The summed E-state index contributed by atoms with van der Waals surface area (Å²) in [6.07, 6.45) is 1.53. The molecule has 0 aromatic carbocycles. The molecule has 0 spiro atoms. The van der Waals surface area contributed by atoms with Gasteiger partial charge in [0.1, 0.15) is 0 Å². The van der Waals surface area contributed by atoms with Crippen molar-refractivity contribution in [1.82, 2.24) is 10.2 Å². The maximum absolute atomic E-state index is 11.2. The van der Waals surface area contributed by atoms with Gasteiger partial charge in [0.2, 0.25) is 0 Å². The average Bonchev–Trinajstić information content (AvgIpc) is 2.26. The average molecular weight is 200 g/mol. The van der Waals surface area contributed by atoms with Crippen LogP contribution in [0.3, 0.4) is 0 Å². The molecule has 0 amide bonds. The van der Waals surface area contributed by atoms with E-state index in [-0.39, 0.29) is 5.97 Å². The highest BCUT2D eigenvalue weighted by atomic mass is 16.5. The fraction of sp³-hybridized carbons (Fsp3) is 0.900. The van der Waals surface area contributed by atoms with Crippen LogP contribution in [-0.2, 0) is 9.53 Å². The van der Waals surface area contributed by atoms with E-state index in [9.17, 15) is 4.79 Å². The molecule has 4 nitrogen and oxygen atoms in total. The van der Waals surface area contributed by atoms with E-state index in [1.54, 1.807) is 0 Å². The molecular weight excluding hydrogens is 180 g/mol. The number of esters is 1. The Bertz CT molecular complexity index is 179. The van der Waals surface area contributed by atoms with Gasteiger partial charge in [-0.15, -0.1) is 0 Å². The highest BCUT2D eigenvalue weighted by molar-refractivity contribution is 5.69. The van der Waals surface area contributed by atoms with Crippen LogP contribution in [-0.4, -0.2) is 50.2 Å². The molecular formula is C10H20N2O2. The first-order valence-electron chi connectivity index (χ1n) is 5.29. The molecule has 0 radical (unpaired) electrons. The Kier molecular flexibility index (Phi) is 4.90. The summed E-state index contributed by atoms with van der Waals surface area (Å²) in [5.41, 5.74) is 0. The summed E-state index contributed by atoms with van der Waals surface area (Å²) >= 11 is 0. The fourth-order valence-electron chi connectivity index (χ4n) is 1.85. The first kappa shape index (κ1) is 11.5. The van der Waals surface area contributed by atoms with Gasteiger partial charge in [0.05, 0.1) is 13.5 Å². The van der Waals surface area contributed by atoms with Gasteiger partial charge < -0.3 is 10.1 Å². The third-order valence-corrected chi connectivity index (χ3v) is 2.77. The second-order valence-electron chi connectivity index (χ2n) is 3.63. The Morgan fingerprint density at radius 1 is 1.50 bits per heavy atom. The van der Waals surface area contributed by atoms with E-state index in [0.717, 1.165) is 32.6 Å². The third-order valence-electron chi connectivity index (χ3n) is 2.77. The minimum Gasteiger partial charge on any atom is -0.469 e. The molecule has 1 unspecified atom stereocenters. The van der Waals surface area contributed by atoms with Gasteiger partial charge in [-0.3, -0.25) is 9.69 Å². The first-order chi connectivity index (χ1) is 6.77. The van der Waals surface area contributed by atoms with Crippen molar-refractivity contribution in [3.63, 3.8) is 0 Å². The topological polar surface area (TPSA) is 41.6 Å². The minimum atomic E-state index is -0.101. The van der Waals surface area contributed by atoms with E-state index in [1.807, 2.05) is 0 Å². The lowest BCUT2D eigenvalue weighted by Crippen LogP contribution is -2.48. The molecule has 0 aromatic rings. The summed E-state index contributed by atoms with van der Waals surface area (Å²) < 4.78 is 4.69. The van der Waals surface area contributed by atoms with Crippen LogP contribution < -0.4 is 5.32 Å². The molecule has 1 fully saturated rings. The summed E-state index contributed by atoms with van der Waals surface area (Å²) in [4.78, 5) is 13.5. The highest BCUT2D eigenvalue weighted by Gasteiger charge is 2.21. The fourth-order valence-corrected chi connectivity index (χ4v) is 1.85. The van der Waals surface area contributed by atoms with Gasteiger partial charge in [0, 0.05) is 32.2 Å². The van der Waals surface area contributed by atoms with Crippen molar-refractivity contribution in [1.29, 1.82) is 0 Å². The first-order valence-corrected chi connectivity index (χ1v) is 5.29. The standard InChI is InChI=1S/C10H20N2O2/c1-3-9(8-10(13)14-2)12-6-4-11-5-7-12/h9,11H,3-8H2,1-2H3. The van der Waals surface area contributed by atoms with E-state index >= 15 is 0 Å². The number of carbonyl (C=O) groups is 1. The summed E-state index contributed by atoms with van der Waals surface area (Å²) in [5, 5.41) is 3.30. The van der Waals surface area contributed by atoms with Gasteiger partial charge in [-0.1, -0.05) is 6.92 Å². The lowest BCUT2D eigenvalue weighted by molar-refractivity contribution is -0.142. The zero-order valence-corrected chi connectivity index (χ0v) is 9.08. The minimum absolute atomic E-state index is 0.101. The number of nitrogens with zero attached hydrogens (tertiary/aromatic N) is 1. The van der Waals surface area contributed by atoms with Gasteiger partial charge in [0.25, 0.3) is 0 Å². The number of hydrogen-bond donors (Lipinski definition) is 1. The van der Waals surface area contributed by atoms with Crippen LogP contribution in [0.5, 0.6) is 0 Å². The molecule has 1 aliphatic rings. The Balaban J connectivity index is 2.39. The summed E-state index contributed by atoms with van der Waals surface area (Å²) in [6, 6.07) is 0.351. The van der Waals surface area contributed by atoms with Crippen molar-refractivity contribution in [2.24, 2.45) is 0 Å². The van der Waals surface area contributed by atoms with Crippen LogP contribution in [0.2, 0.25) is 0 Å². The van der Waals surface area contributed by atoms with Crippen LogP contribution >= 0.6 is 0 Å². The van der Waals surface area contributed by atoms with Crippen LogP contribution in [0.1, 0.15) is 19.8 Å². The molecule has 0 saturated carbocycles. The molecule has 1 heterocycles. The van der Waals surface area contributed by atoms with Crippen LogP contribution in [0.4, 0.5) is 0 Å². The van der Waals surface area contributed by atoms with Crippen LogP contribution in [0, 0.1) is 0 Å². The number of methoxy groups -OCH3 is 1. The SMILES string of the molecule is CCC(CC(=O)OC)N1CCNCC1. The van der Waals surface area contributed by atoms with Crippen molar-refractivity contribution in [3.8, 4) is 0 Å². The molecule has 1 rings (SSSR count). The molecule has 14 heavy (non-hydrogen) atoms. The molecule has 0 aromatic heterocycles. The van der Waals surface area contributed by atoms with E-state index in [4.69, 9.17) is 4.74 Å². The van der Waals surface area contributed by atoms with Crippen molar-refractivity contribution < 1.29 is 9.53 Å². The number of nitrogens with one attached hydrogen (secondary N) is 1. The zero-order chi connectivity index (χ0) is 10.4. The lowest BCUT2D eigenvalue weighted by Gasteiger charge is -2.33. The number of piperazine rings is 1. The summed E-state index contributed by atoms with van der Waals surface area (Å²) in [6.45, 7) is 6.25. The molecule has 0 aliphatic carbocycles. The summed E-state index contributed by atoms with van der Waals surface area (Å²) in [5.74, 6) is -0.101. The van der Waals surface area contributed by atoms with Crippen molar-refractivity contribution in [3.05, 3.63) is 0 Å². The molecule has 4 heteroatoms. The predicted molar refractivity (Wildman–Crippen MR) is 55.2 cm³/mol. The number of carbonyl (C=O) groups excluding carboxylic acids is 1. The van der Waals surface area contributed by atoms with Crippen LogP contribution in [0.25, 0.3) is 0 Å². The van der Waals surface area contributed by atoms with Gasteiger partial charge >= 0.3 is 5.97 Å². The molecule has 1 saturated heterocycles. The molecule has 0 bridgehead atoms. The van der Waals surface area contributed by atoms with Gasteiger partial charge in [-0.05, 0) is 6.42 Å². The maximum atomic E-state index is 11.2. The number of hydrogen-bond acceptors (Lipinski definition) is 4. The lowest BCUT2D eigenvalue weighted by atomic mass is 10.1. The molecule has 82 valence electrons. The van der Waals surface area contributed by atoms with E-state index in [1.165, 1.54) is 7.11 Å². The van der Waals surface area contributed by atoms with Crippen molar-refractivity contribution >= 4 is 5.97 Å².